The first-order valence-electron chi connectivity index (χ1n) is 4.41. The maximum atomic E-state index is 9.74. The average molecular weight is 270 g/mol. The molecule has 0 spiro atoms. The van der Waals surface area contributed by atoms with Crippen molar-refractivity contribution in [3.05, 3.63) is 22.2 Å². The molecule has 1 rings (SSSR count). The molecule has 0 radical (unpaired) electrons. The van der Waals surface area contributed by atoms with E-state index >= 15 is 0 Å². The number of nitrogens with zero attached hydrogens (tertiary/aromatic N) is 1. The number of nitriles is 1. The molecule has 4 heteroatoms. The van der Waals surface area contributed by atoms with Crippen LogP contribution in [0.2, 0.25) is 0 Å². The third kappa shape index (κ3) is 2.07. The van der Waals surface area contributed by atoms with Crippen LogP contribution in [-0.2, 0) is 5.41 Å². The molecule has 0 saturated carbocycles. The van der Waals surface area contributed by atoms with Crippen LogP contribution < -0.4 is 4.74 Å². The molecule has 0 amide bonds. The van der Waals surface area contributed by atoms with Gasteiger partial charge in [-0.05, 0) is 41.9 Å². The lowest BCUT2D eigenvalue weighted by molar-refractivity contribution is 0.404. The number of hydrogen-bond acceptors (Lipinski definition) is 3. The van der Waals surface area contributed by atoms with E-state index in [0.29, 0.717) is 15.8 Å². The van der Waals surface area contributed by atoms with Gasteiger partial charge >= 0.3 is 0 Å². The van der Waals surface area contributed by atoms with Crippen molar-refractivity contribution >= 4 is 15.9 Å². The maximum Gasteiger partial charge on any atom is 0.133 e. The number of benzene rings is 1. The fraction of sp³-hybridized carbons (Fsp3) is 0.364. The summed E-state index contributed by atoms with van der Waals surface area (Å²) in [6.07, 6.45) is 0. The minimum atomic E-state index is -0.766. The molecule has 80 valence electrons. The van der Waals surface area contributed by atoms with Crippen LogP contribution in [-0.4, -0.2) is 12.2 Å². The number of halogens is 1. The van der Waals surface area contributed by atoms with E-state index in [1.807, 2.05) is 0 Å². The molecular weight excluding hydrogens is 258 g/mol. The van der Waals surface area contributed by atoms with Gasteiger partial charge in [-0.25, -0.2) is 0 Å². The van der Waals surface area contributed by atoms with E-state index in [4.69, 9.17) is 10.00 Å². The summed E-state index contributed by atoms with van der Waals surface area (Å²) < 4.78 is 5.73. The first-order chi connectivity index (χ1) is 6.94. The van der Waals surface area contributed by atoms with Gasteiger partial charge in [-0.3, -0.25) is 0 Å². The van der Waals surface area contributed by atoms with Crippen molar-refractivity contribution in [2.45, 2.75) is 19.3 Å². The molecule has 0 bridgehead atoms. The highest BCUT2D eigenvalue weighted by Gasteiger charge is 2.27. The van der Waals surface area contributed by atoms with Gasteiger partial charge in [-0.1, -0.05) is 0 Å². The summed E-state index contributed by atoms with van der Waals surface area (Å²) in [7, 11) is 1.54. The quantitative estimate of drug-likeness (QED) is 0.898. The predicted molar refractivity (Wildman–Crippen MR) is 61.0 cm³/mol. The Labute approximate surface area is 97.4 Å². The summed E-state index contributed by atoms with van der Waals surface area (Å²) in [5.74, 6) is 0.695. The molecule has 15 heavy (non-hydrogen) atoms. The third-order valence-electron chi connectivity index (χ3n) is 2.21. The summed E-state index contributed by atoms with van der Waals surface area (Å²) in [5, 5.41) is 18.8. The number of rotatable bonds is 2. The molecule has 0 saturated heterocycles. The Balaban J connectivity index is 3.48. The van der Waals surface area contributed by atoms with Gasteiger partial charge in [0.1, 0.15) is 11.5 Å². The molecule has 1 aromatic carbocycles. The molecule has 0 aliphatic heterocycles. The zero-order chi connectivity index (χ0) is 11.6. The standard InChI is InChI=1S/C11H12BrNO2/c1-11(2,6-13)9-7(14)4-5-8(15-3)10(9)12/h4-5,14H,1-3H3. The summed E-state index contributed by atoms with van der Waals surface area (Å²) in [4.78, 5) is 0. The Morgan fingerprint density at radius 1 is 1.47 bits per heavy atom. The van der Waals surface area contributed by atoms with Crippen LogP contribution in [0.5, 0.6) is 11.5 Å². The topological polar surface area (TPSA) is 53.2 Å². The van der Waals surface area contributed by atoms with Crippen molar-refractivity contribution in [3.63, 3.8) is 0 Å². The zero-order valence-electron chi connectivity index (χ0n) is 8.84. The fourth-order valence-electron chi connectivity index (χ4n) is 1.35. The lowest BCUT2D eigenvalue weighted by atomic mass is 9.85. The molecule has 0 aliphatic carbocycles. The van der Waals surface area contributed by atoms with Gasteiger partial charge < -0.3 is 9.84 Å². The van der Waals surface area contributed by atoms with Crippen molar-refractivity contribution < 1.29 is 9.84 Å². The monoisotopic (exact) mass is 269 g/mol. The third-order valence-corrected chi connectivity index (χ3v) is 3.00. The number of methoxy groups -OCH3 is 1. The van der Waals surface area contributed by atoms with Crippen molar-refractivity contribution in [2.75, 3.05) is 7.11 Å². The zero-order valence-corrected chi connectivity index (χ0v) is 10.4. The Morgan fingerprint density at radius 2 is 2.07 bits per heavy atom. The Morgan fingerprint density at radius 3 is 2.53 bits per heavy atom. The second-order valence-corrected chi connectivity index (χ2v) is 4.51. The molecule has 0 atom stereocenters. The minimum absolute atomic E-state index is 0.0919. The summed E-state index contributed by atoms with van der Waals surface area (Å²) in [5.41, 5.74) is -0.221. The van der Waals surface area contributed by atoms with Crippen LogP contribution in [0.15, 0.2) is 16.6 Å². The number of ether oxygens (including phenoxy) is 1. The molecule has 1 aromatic rings. The van der Waals surface area contributed by atoms with Crippen molar-refractivity contribution in [1.82, 2.24) is 0 Å². The van der Waals surface area contributed by atoms with Crippen LogP contribution in [0.4, 0.5) is 0 Å². The molecular formula is C11H12BrNO2. The van der Waals surface area contributed by atoms with E-state index in [-0.39, 0.29) is 5.75 Å². The van der Waals surface area contributed by atoms with Gasteiger partial charge in [0.2, 0.25) is 0 Å². The Kier molecular flexibility index (Phi) is 3.25. The van der Waals surface area contributed by atoms with Gasteiger partial charge in [0.15, 0.2) is 0 Å². The van der Waals surface area contributed by atoms with E-state index in [2.05, 4.69) is 22.0 Å². The minimum Gasteiger partial charge on any atom is -0.508 e. The molecule has 0 fully saturated rings. The van der Waals surface area contributed by atoms with Crippen LogP contribution in [0, 0.1) is 11.3 Å². The van der Waals surface area contributed by atoms with E-state index in [1.54, 1.807) is 27.0 Å². The highest BCUT2D eigenvalue weighted by molar-refractivity contribution is 9.10. The largest absolute Gasteiger partial charge is 0.508 e. The van der Waals surface area contributed by atoms with E-state index in [9.17, 15) is 5.11 Å². The summed E-state index contributed by atoms with van der Waals surface area (Å²) in [6.45, 7) is 3.48. The molecule has 0 unspecified atom stereocenters. The molecule has 0 heterocycles. The maximum absolute atomic E-state index is 9.74. The lowest BCUT2D eigenvalue weighted by Crippen LogP contribution is -2.15. The van der Waals surface area contributed by atoms with Crippen LogP contribution in [0.1, 0.15) is 19.4 Å². The molecule has 3 nitrogen and oxygen atoms in total. The normalized spacial score (nSPS) is 10.9. The first-order valence-corrected chi connectivity index (χ1v) is 5.20. The number of hydrogen-bond donors (Lipinski definition) is 1. The van der Waals surface area contributed by atoms with Gasteiger partial charge in [-0.2, -0.15) is 5.26 Å². The van der Waals surface area contributed by atoms with Gasteiger partial charge in [0.05, 0.1) is 23.1 Å². The van der Waals surface area contributed by atoms with E-state index in [1.165, 1.54) is 6.07 Å². The van der Waals surface area contributed by atoms with Gasteiger partial charge in [0, 0.05) is 5.56 Å². The second kappa shape index (κ2) is 4.11. The molecule has 0 aromatic heterocycles. The number of aromatic hydroxyl groups is 1. The molecule has 0 aliphatic rings. The Hall–Kier alpha value is -1.21. The summed E-state index contributed by atoms with van der Waals surface area (Å²) in [6, 6.07) is 5.32. The Bertz CT molecular complexity index is 421. The highest BCUT2D eigenvalue weighted by atomic mass is 79.9. The summed E-state index contributed by atoms with van der Waals surface area (Å²) >= 11 is 3.33. The van der Waals surface area contributed by atoms with E-state index in [0.717, 1.165) is 0 Å². The number of phenolic OH excluding ortho intramolecular Hbond substituents is 1. The average Bonchev–Trinajstić information content (AvgIpc) is 2.18. The van der Waals surface area contributed by atoms with Crippen LogP contribution >= 0.6 is 15.9 Å². The van der Waals surface area contributed by atoms with Crippen molar-refractivity contribution in [2.24, 2.45) is 0 Å². The van der Waals surface area contributed by atoms with Gasteiger partial charge in [-0.15, -0.1) is 0 Å². The lowest BCUT2D eigenvalue weighted by Gasteiger charge is -2.20. The smallest absolute Gasteiger partial charge is 0.133 e. The van der Waals surface area contributed by atoms with Crippen molar-refractivity contribution in [3.8, 4) is 17.6 Å². The predicted octanol–water partition coefficient (Wildman–Crippen LogP) is 2.96. The highest BCUT2D eigenvalue weighted by Crippen LogP contribution is 2.41. The van der Waals surface area contributed by atoms with Crippen LogP contribution in [0.25, 0.3) is 0 Å². The fourth-order valence-corrected chi connectivity index (χ4v) is 2.35. The first kappa shape index (κ1) is 11.9. The van der Waals surface area contributed by atoms with Gasteiger partial charge in [0.25, 0.3) is 0 Å². The van der Waals surface area contributed by atoms with Crippen molar-refractivity contribution in [1.29, 1.82) is 5.26 Å². The molecule has 1 N–H and O–H groups in total. The number of phenols is 1. The van der Waals surface area contributed by atoms with Crippen LogP contribution in [0.3, 0.4) is 0 Å². The van der Waals surface area contributed by atoms with E-state index < -0.39 is 5.41 Å². The SMILES string of the molecule is COc1ccc(O)c(C(C)(C)C#N)c1Br. The second-order valence-electron chi connectivity index (χ2n) is 3.71.